The van der Waals surface area contributed by atoms with Gasteiger partial charge in [-0.3, -0.25) is 5.01 Å². The van der Waals surface area contributed by atoms with Crippen molar-refractivity contribution in [2.45, 2.75) is 57.2 Å². The summed E-state index contributed by atoms with van der Waals surface area (Å²) in [6, 6.07) is 31.4. The Kier molecular flexibility index (Phi) is 6.13. The standard InChI is InChI=1S/C28H31N3/c1-4-10-23(11-5-1)27-20-28(24-12-6-2-7-13-24)31(30-27)26-18-16-22(17-19-26)21-29-25-14-8-3-9-15-25/h1-2,4-7,10-13,16-19,25,28-29H,3,8-9,14-15,20-21H2/p+1/t28-/m1/s1. The van der Waals surface area contributed by atoms with Gasteiger partial charge in [-0.25, -0.2) is 0 Å². The van der Waals surface area contributed by atoms with Crippen LogP contribution in [-0.2, 0) is 6.54 Å². The second kappa shape index (κ2) is 9.49. The number of benzene rings is 3. The largest absolute Gasteiger partial charge is 0.340 e. The molecule has 5 rings (SSSR count). The van der Waals surface area contributed by atoms with Gasteiger partial charge in [0.25, 0.3) is 0 Å². The third-order valence-electron chi connectivity index (χ3n) is 6.74. The topological polar surface area (TPSA) is 32.2 Å². The smallest absolute Gasteiger partial charge is 0.101 e. The zero-order chi connectivity index (χ0) is 20.9. The van der Waals surface area contributed by atoms with Gasteiger partial charge in [0.05, 0.1) is 23.5 Å². The highest BCUT2D eigenvalue weighted by atomic mass is 15.5. The number of hydrogen-bond acceptors (Lipinski definition) is 2. The van der Waals surface area contributed by atoms with Crippen LogP contribution in [0.2, 0.25) is 0 Å². The van der Waals surface area contributed by atoms with Gasteiger partial charge in [-0.1, -0.05) is 79.2 Å². The Morgan fingerprint density at radius 3 is 2.16 bits per heavy atom. The van der Waals surface area contributed by atoms with E-state index in [1.165, 1.54) is 54.5 Å². The number of rotatable bonds is 6. The van der Waals surface area contributed by atoms with Crippen molar-refractivity contribution in [2.24, 2.45) is 5.10 Å². The van der Waals surface area contributed by atoms with Gasteiger partial charge in [0, 0.05) is 12.0 Å². The number of hydrogen-bond donors (Lipinski definition) is 1. The van der Waals surface area contributed by atoms with Crippen molar-refractivity contribution in [1.29, 1.82) is 0 Å². The van der Waals surface area contributed by atoms with Crippen molar-refractivity contribution >= 4 is 11.4 Å². The van der Waals surface area contributed by atoms with Crippen LogP contribution in [0.5, 0.6) is 0 Å². The Balaban J connectivity index is 1.35. The molecule has 158 valence electrons. The van der Waals surface area contributed by atoms with Crippen molar-refractivity contribution in [1.82, 2.24) is 0 Å². The molecule has 1 aliphatic heterocycles. The Morgan fingerprint density at radius 1 is 0.774 bits per heavy atom. The molecule has 1 saturated carbocycles. The van der Waals surface area contributed by atoms with Crippen LogP contribution in [-0.4, -0.2) is 11.8 Å². The van der Waals surface area contributed by atoms with Crippen molar-refractivity contribution in [2.75, 3.05) is 5.01 Å². The fourth-order valence-corrected chi connectivity index (χ4v) is 4.95. The molecule has 31 heavy (non-hydrogen) atoms. The average Bonchev–Trinajstić information content (AvgIpc) is 3.30. The molecule has 1 heterocycles. The lowest BCUT2D eigenvalue weighted by Crippen LogP contribution is -2.88. The minimum Gasteiger partial charge on any atom is -0.340 e. The van der Waals surface area contributed by atoms with Crippen LogP contribution < -0.4 is 10.3 Å². The second-order valence-electron chi connectivity index (χ2n) is 8.89. The maximum Gasteiger partial charge on any atom is 0.101 e. The molecular weight excluding hydrogens is 378 g/mol. The molecule has 0 spiro atoms. The van der Waals surface area contributed by atoms with E-state index in [1.807, 2.05) is 0 Å². The van der Waals surface area contributed by atoms with Gasteiger partial charge in [0.2, 0.25) is 0 Å². The Labute approximate surface area is 185 Å². The van der Waals surface area contributed by atoms with Gasteiger partial charge < -0.3 is 5.32 Å². The summed E-state index contributed by atoms with van der Waals surface area (Å²) in [6.07, 6.45) is 7.90. The minimum atomic E-state index is 0.232. The highest BCUT2D eigenvalue weighted by Gasteiger charge is 2.29. The summed E-state index contributed by atoms with van der Waals surface area (Å²) >= 11 is 0. The van der Waals surface area contributed by atoms with E-state index < -0.39 is 0 Å². The molecule has 3 aromatic carbocycles. The van der Waals surface area contributed by atoms with Gasteiger partial charge in [0.15, 0.2) is 0 Å². The first-order valence-corrected chi connectivity index (χ1v) is 11.8. The third-order valence-corrected chi connectivity index (χ3v) is 6.74. The van der Waals surface area contributed by atoms with Crippen LogP contribution in [0.4, 0.5) is 5.69 Å². The molecule has 0 bridgehead atoms. The van der Waals surface area contributed by atoms with Gasteiger partial charge in [-0.15, -0.1) is 0 Å². The van der Waals surface area contributed by atoms with Gasteiger partial charge in [-0.2, -0.15) is 5.10 Å². The van der Waals surface area contributed by atoms with E-state index in [4.69, 9.17) is 5.10 Å². The molecule has 3 aromatic rings. The van der Waals surface area contributed by atoms with Crippen molar-refractivity contribution in [3.63, 3.8) is 0 Å². The van der Waals surface area contributed by atoms with E-state index in [9.17, 15) is 0 Å². The van der Waals surface area contributed by atoms with Crippen LogP contribution in [0.3, 0.4) is 0 Å². The highest BCUT2D eigenvalue weighted by molar-refractivity contribution is 6.03. The SMILES string of the molecule is c1ccc(C2=NN(c3ccc(C[NH2+]C4CCCCC4)cc3)[C@@H](c3ccccc3)C2)cc1. The molecular formula is C28H32N3+. The number of nitrogens with zero attached hydrogens (tertiary/aromatic N) is 2. The molecule has 1 atom stereocenters. The zero-order valence-electron chi connectivity index (χ0n) is 18.2. The minimum absolute atomic E-state index is 0.232. The molecule has 0 amide bonds. The monoisotopic (exact) mass is 410 g/mol. The molecule has 0 unspecified atom stereocenters. The summed E-state index contributed by atoms with van der Waals surface area (Å²) < 4.78 is 0. The Morgan fingerprint density at radius 2 is 1.45 bits per heavy atom. The van der Waals surface area contributed by atoms with Gasteiger partial charge >= 0.3 is 0 Å². The molecule has 0 radical (unpaired) electrons. The van der Waals surface area contributed by atoms with Crippen LogP contribution in [0, 0.1) is 0 Å². The summed E-state index contributed by atoms with van der Waals surface area (Å²) in [6.45, 7) is 1.07. The van der Waals surface area contributed by atoms with Crippen LogP contribution in [0.25, 0.3) is 0 Å². The van der Waals surface area contributed by atoms with E-state index >= 15 is 0 Å². The van der Waals surface area contributed by atoms with E-state index in [0.29, 0.717) is 0 Å². The number of quaternary nitrogens is 1. The number of hydrazone groups is 1. The molecule has 0 aromatic heterocycles. The van der Waals surface area contributed by atoms with E-state index in [2.05, 4.69) is 95.3 Å². The average molecular weight is 411 g/mol. The molecule has 1 aliphatic carbocycles. The molecule has 1 fully saturated rings. The predicted octanol–water partition coefficient (Wildman–Crippen LogP) is 5.44. The molecule has 3 nitrogen and oxygen atoms in total. The van der Waals surface area contributed by atoms with Gasteiger partial charge in [0.1, 0.15) is 6.54 Å². The van der Waals surface area contributed by atoms with Gasteiger partial charge in [-0.05, 0) is 48.9 Å². The first kappa shape index (κ1) is 20.0. The third kappa shape index (κ3) is 4.72. The normalized spacial score (nSPS) is 19.4. The maximum absolute atomic E-state index is 5.08. The lowest BCUT2D eigenvalue weighted by molar-refractivity contribution is -0.706. The summed E-state index contributed by atoms with van der Waals surface area (Å²) in [5, 5.41) is 9.84. The molecule has 0 saturated heterocycles. The van der Waals surface area contributed by atoms with Crippen molar-refractivity contribution < 1.29 is 5.32 Å². The molecule has 3 heteroatoms. The molecule has 2 aliphatic rings. The van der Waals surface area contributed by atoms with Crippen LogP contribution in [0.1, 0.15) is 61.3 Å². The maximum atomic E-state index is 5.08. The molecule has 2 N–H and O–H groups in total. The summed E-state index contributed by atoms with van der Waals surface area (Å²) in [5.74, 6) is 0. The van der Waals surface area contributed by atoms with Crippen molar-refractivity contribution in [3.05, 3.63) is 102 Å². The summed E-state index contributed by atoms with van der Waals surface area (Å²) in [7, 11) is 0. The number of nitrogens with two attached hydrogens (primary N) is 1. The van der Waals surface area contributed by atoms with Crippen LogP contribution in [0.15, 0.2) is 90.0 Å². The summed E-state index contributed by atoms with van der Waals surface area (Å²) in [4.78, 5) is 0. The number of anilines is 1. The first-order valence-electron chi connectivity index (χ1n) is 11.8. The lowest BCUT2D eigenvalue weighted by atomic mass is 9.95. The summed E-state index contributed by atoms with van der Waals surface area (Å²) in [5.41, 5.74) is 6.25. The Hall–Kier alpha value is -2.91. The fraction of sp³-hybridized carbons (Fsp3) is 0.321. The highest BCUT2D eigenvalue weighted by Crippen LogP contribution is 2.36. The van der Waals surface area contributed by atoms with E-state index in [1.54, 1.807) is 0 Å². The zero-order valence-corrected chi connectivity index (χ0v) is 18.2. The fourth-order valence-electron chi connectivity index (χ4n) is 4.95. The quantitative estimate of drug-likeness (QED) is 0.577. The first-order chi connectivity index (χ1) is 15.4. The van der Waals surface area contributed by atoms with E-state index in [0.717, 1.165) is 24.7 Å². The lowest BCUT2D eigenvalue weighted by Gasteiger charge is -2.24. The Bertz CT molecular complexity index is 989. The van der Waals surface area contributed by atoms with Crippen molar-refractivity contribution in [3.8, 4) is 0 Å². The van der Waals surface area contributed by atoms with Crippen LogP contribution >= 0.6 is 0 Å². The second-order valence-corrected chi connectivity index (χ2v) is 8.89. The van der Waals surface area contributed by atoms with E-state index in [-0.39, 0.29) is 6.04 Å². The predicted molar refractivity (Wildman–Crippen MR) is 128 cm³/mol.